The van der Waals surface area contributed by atoms with Crippen LogP contribution in [0.5, 0.6) is 0 Å². The minimum Gasteiger partial charge on any atom is -0.388 e. The van der Waals surface area contributed by atoms with Gasteiger partial charge in [-0.15, -0.1) is 5.10 Å². The Morgan fingerprint density at radius 1 is 1.47 bits per heavy atom. The van der Waals surface area contributed by atoms with E-state index in [1.54, 1.807) is 18.5 Å². The molecule has 104 valence electrons. The Hall–Kier alpha value is -1.66. The lowest BCUT2D eigenvalue weighted by atomic mass is 10.0. The molecule has 0 aromatic carbocycles. The van der Waals surface area contributed by atoms with Crippen molar-refractivity contribution >= 4 is 11.6 Å². The van der Waals surface area contributed by atoms with E-state index in [-0.39, 0.29) is 0 Å². The molecule has 0 spiro atoms. The van der Waals surface area contributed by atoms with Crippen molar-refractivity contribution in [3.8, 4) is 0 Å². The Bertz CT molecular complexity index is 551. The summed E-state index contributed by atoms with van der Waals surface area (Å²) in [5, 5.41) is 17.5. The van der Waals surface area contributed by atoms with Gasteiger partial charge in [0.2, 0.25) is 5.95 Å². The third kappa shape index (κ3) is 3.65. The third-order valence-electron chi connectivity index (χ3n) is 2.95. The first kappa shape index (κ1) is 13.8. The fourth-order valence-electron chi connectivity index (χ4n) is 1.74. The quantitative estimate of drug-likeness (QED) is 0.821. The number of aryl methyl sites for hydroxylation is 1. The first-order valence-corrected chi connectivity index (χ1v) is 6.28. The van der Waals surface area contributed by atoms with Crippen LogP contribution >= 0.6 is 0 Å². The summed E-state index contributed by atoms with van der Waals surface area (Å²) < 4.78 is 6.69. The number of anilines is 1. The minimum absolute atomic E-state index is 0.381. The number of hydrogen-bond donors (Lipinski definition) is 2. The zero-order valence-corrected chi connectivity index (χ0v) is 11.6. The predicted molar refractivity (Wildman–Crippen MR) is 73.3 cm³/mol. The van der Waals surface area contributed by atoms with E-state index < -0.39 is 5.60 Å². The molecule has 0 fully saturated rings. The molecule has 0 amide bonds. The van der Waals surface area contributed by atoms with Crippen molar-refractivity contribution in [1.29, 1.82) is 0 Å². The van der Waals surface area contributed by atoms with Gasteiger partial charge in [0.05, 0.1) is 5.60 Å². The van der Waals surface area contributed by atoms with E-state index in [4.69, 9.17) is 4.74 Å². The molecule has 0 aliphatic heterocycles. The summed E-state index contributed by atoms with van der Waals surface area (Å²) in [5.74, 6) is 0.517. The Labute approximate surface area is 112 Å². The molecule has 0 aliphatic carbocycles. The van der Waals surface area contributed by atoms with Crippen molar-refractivity contribution in [3.63, 3.8) is 0 Å². The summed E-state index contributed by atoms with van der Waals surface area (Å²) in [6.07, 6.45) is 2.47. The summed E-state index contributed by atoms with van der Waals surface area (Å²) in [6, 6.07) is 3.90. The van der Waals surface area contributed by atoms with Gasteiger partial charge in [0.15, 0.2) is 5.65 Å². The maximum Gasteiger partial charge on any atom is 0.243 e. The fourth-order valence-corrected chi connectivity index (χ4v) is 1.74. The van der Waals surface area contributed by atoms with E-state index in [0.717, 1.165) is 11.2 Å². The van der Waals surface area contributed by atoms with Gasteiger partial charge in [0, 0.05) is 32.9 Å². The molecular weight excluding hydrogens is 244 g/mol. The molecule has 2 rings (SSSR count). The Kier molecular flexibility index (Phi) is 4.01. The lowest BCUT2D eigenvalue weighted by molar-refractivity contribution is 0.0356. The number of methoxy groups -OCH3 is 1. The van der Waals surface area contributed by atoms with Gasteiger partial charge in [-0.2, -0.15) is 4.98 Å². The molecule has 2 N–H and O–H groups in total. The average molecular weight is 264 g/mol. The normalized spacial score (nSPS) is 14.5. The maximum absolute atomic E-state index is 10.1. The van der Waals surface area contributed by atoms with E-state index in [2.05, 4.69) is 15.4 Å². The molecule has 19 heavy (non-hydrogen) atoms. The number of ether oxygens (including phenoxy) is 1. The number of pyridine rings is 1. The molecule has 6 nitrogen and oxygen atoms in total. The SMILES string of the molecule is COCCC(C)(O)CNc1nc2ccc(C)cn2n1. The van der Waals surface area contributed by atoms with Gasteiger partial charge in [-0.05, 0) is 25.5 Å². The topological polar surface area (TPSA) is 71.7 Å². The van der Waals surface area contributed by atoms with Gasteiger partial charge < -0.3 is 15.2 Å². The number of hydrogen-bond acceptors (Lipinski definition) is 5. The van der Waals surface area contributed by atoms with Crippen molar-refractivity contribution in [2.75, 3.05) is 25.6 Å². The van der Waals surface area contributed by atoms with Crippen LogP contribution < -0.4 is 5.32 Å². The lowest BCUT2D eigenvalue weighted by Crippen LogP contribution is -2.34. The second-order valence-corrected chi connectivity index (χ2v) is 5.04. The van der Waals surface area contributed by atoms with Crippen molar-refractivity contribution in [2.24, 2.45) is 0 Å². The van der Waals surface area contributed by atoms with Crippen LogP contribution in [0.25, 0.3) is 5.65 Å². The van der Waals surface area contributed by atoms with Crippen molar-refractivity contribution in [3.05, 3.63) is 23.9 Å². The van der Waals surface area contributed by atoms with Gasteiger partial charge in [0.1, 0.15) is 0 Å². The number of fused-ring (bicyclic) bond motifs is 1. The standard InChI is InChI=1S/C13H20N4O2/c1-10-4-5-11-15-12(16-17(11)8-10)14-9-13(2,18)6-7-19-3/h4-5,8,18H,6-7,9H2,1-3H3,(H,14,16). The van der Waals surface area contributed by atoms with Crippen molar-refractivity contribution < 1.29 is 9.84 Å². The highest BCUT2D eigenvalue weighted by Gasteiger charge is 2.20. The molecule has 0 bridgehead atoms. The molecule has 1 atom stereocenters. The number of aliphatic hydroxyl groups is 1. The predicted octanol–water partition coefficient (Wildman–Crippen LogP) is 1.24. The fraction of sp³-hybridized carbons (Fsp3) is 0.538. The highest BCUT2D eigenvalue weighted by atomic mass is 16.5. The lowest BCUT2D eigenvalue weighted by Gasteiger charge is -2.22. The molecule has 2 aromatic heterocycles. The van der Waals surface area contributed by atoms with Crippen LogP contribution in [0.1, 0.15) is 18.9 Å². The van der Waals surface area contributed by atoms with Crippen LogP contribution in [0.4, 0.5) is 5.95 Å². The van der Waals surface area contributed by atoms with E-state index in [1.165, 1.54) is 0 Å². The van der Waals surface area contributed by atoms with Crippen molar-refractivity contribution in [1.82, 2.24) is 14.6 Å². The number of rotatable bonds is 6. The molecule has 0 aliphatic rings. The average Bonchev–Trinajstić information content (AvgIpc) is 2.76. The molecule has 0 radical (unpaired) electrons. The van der Waals surface area contributed by atoms with Crippen LogP contribution in [0.2, 0.25) is 0 Å². The Balaban J connectivity index is 2.01. The third-order valence-corrected chi connectivity index (χ3v) is 2.95. The summed E-state index contributed by atoms with van der Waals surface area (Å²) in [7, 11) is 1.62. The second kappa shape index (κ2) is 5.54. The first-order chi connectivity index (χ1) is 9.00. The molecule has 1 unspecified atom stereocenters. The molecule has 2 aromatic rings. The van der Waals surface area contributed by atoms with E-state index in [1.807, 2.05) is 25.3 Å². The van der Waals surface area contributed by atoms with Crippen LogP contribution in [0.3, 0.4) is 0 Å². The summed E-state index contributed by atoms with van der Waals surface area (Å²) in [6.45, 7) is 4.67. The molecule has 0 saturated heterocycles. The van der Waals surface area contributed by atoms with Gasteiger partial charge in [-0.3, -0.25) is 0 Å². The highest BCUT2D eigenvalue weighted by molar-refractivity contribution is 5.44. The molecular formula is C13H20N4O2. The smallest absolute Gasteiger partial charge is 0.243 e. The van der Waals surface area contributed by atoms with Crippen LogP contribution in [-0.4, -0.2) is 45.6 Å². The van der Waals surface area contributed by atoms with E-state index >= 15 is 0 Å². The monoisotopic (exact) mass is 264 g/mol. The van der Waals surface area contributed by atoms with Gasteiger partial charge >= 0.3 is 0 Å². The number of nitrogens with one attached hydrogen (secondary N) is 1. The van der Waals surface area contributed by atoms with Gasteiger partial charge in [-0.25, -0.2) is 4.52 Å². The van der Waals surface area contributed by atoms with Gasteiger partial charge in [0.25, 0.3) is 0 Å². The molecule has 2 heterocycles. The minimum atomic E-state index is -0.844. The molecule has 0 saturated carbocycles. The van der Waals surface area contributed by atoms with E-state index in [9.17, 15) is 5.11 Å². The summed E-state index contributed by atoms with van der Waals surface area (Å²) >= 11 is 0. The first-order valence-electron chi connectivity index (χ1n) is 6.28. The summed E-state index contributed by atoms with van der Waals surface area (Å²) in [4.78, 5) is 4.34. The van der Waals surface area contributed by atoms with Crippen LogP contribution in [0.15, 0.2) is 18.3 Å². The summed E-state index contributed by atoms with van der Waals surface area (Å²) in [5.41, 5.74) is 1.06. The second-order valence-electron chi connectivity index (χ2n) is 5.04. The largest absolute Gasteiger partial charge is 0.388 e. The number of aromatic nitrogens is 3. The van der Waals surface area contributed by atoms with Crippen molar-refractivity contribution in [2.45, 2.75) is 25.9 Å². The van der Waals surface area contributed by atoms with Crippen LogP contribution in [0, 0.1) is 6.92 Å². The van der Waals surface area contributed by atoms with E-state index in [0.29, 0.717) is 25.5 Å². The zero-order chi connectivity index (χ0) is 13.9. The highest BCUT2D eigenvalue weighted by Crippen LogP contribution is 2.12. The maximum atomic E-state index is 10.1. The van der Waals surface area contributed by atoms with Crippen LogP contribution in [-0.2, 0) is 4.74 Å². The van der Waals surface area contributed by atoms with Gasteiger partial charge in [-0.1, -0.05) is 6.07 Å². The Morgan fingerprint density at radius 2 is 2.26 bits per heavy atom. The number of nitrogens with zero attached hydrogens (tertiary/aromatic N) is 3. The Morgan fingerprint density at radius 3 is 3.00 bits per heavy atom. The molecule has 6 heteroatoms. The zero-order valence-electron chi connectivity index (χ0n) is 11.6.